The Kier molecular flexibility index (Phi) is 5.63. The van der Waals surface area contributed by atoms with Crippen molar-refractivity contribution in [1.82, 2.24) is 0 Å². The Balaban J connectivity index is 2.74. The average Bonchev–Trinajstić information content (AvgIpc) is 2.19. The maximum Gasteiger partial charge on any atom is 0.119 e. The normalized spacial score (nSPS) is 10.2. The van der Waals surface area contributed by atoms with E-state index >= 15 is 0 Å². The molecule has 0 saturated heterocycles. The zero-order valence-corrected chi connectivity index (χ0v) is 11.1. The fourth-order valence-electron chi connectivity index (χ4n) is 1.26. The van der Waals surface area contributed by atoms with Crippen molar-refractivity contribution in [2.45, 2.75) is 19.8 Å². The van der Waals surface area contributed by atoms with E-state index in [0.29, 0.717) is 0 Å². The number of rotatable bonds is 5. The molecule has 0 radical (unpaired) electrons. The van der Waals surface area contributed by atoms with Crippen LogP contribution in [0.25, 0.3) is 0 Å². The second-order valence-electron chi connectivity index (χ2n) is 2.98. The van der Waals surface area contributed by atoms with Crippen LogP contribution in [0, 0.1) is 3.57 Å². The molecule has 0 spiro atoms. The molecule has 0 atom stereocenters. The van der Waals surface area contributed by atoms with Crippen LogP contribution in [0.2, 0.25) is 0 Å². The maximum absolute atomic E-state index is 5.67. The van der Waals surface area contributed by atoms with Crippen molar-refractivity contribution in [2.24, 2.45) is 0 Å². The summed E-state index contributed by atoms with van der Waals surface area (Å²) in [5.41, 5.74) is 1.33. The first kappa shape index (κ1) is 12.1. The molecule has 1 rings (SSSR count). The summed E-state index contributed by atoms with van der Waals surface area (Å²) >= 11 is 8.02. The van der Waals surface area contributed by atoms with Gasteiger partial charge in [0.15, 0.2) is 0 Å². The van der Waals surface area contributed by atoms with Gasteiger partial charge in [-0.25, -0.2) is 0 Å². The molecule has 0 N–H and O–H groups in total. The number of aryl methyl sites for hydroxylation is 1. The highest BCUT2D eigenvalue weighted by Crippen LogP contribution is 2.21. The van der Waals surface area contributed by atoms with Gasteiger partial charge in [0.2, 0.25) is 0 Å². The van der Waals surface area contributed by atoms with Crippen LogP contribution in [0.4, 0.5) is 0 Å². The van der Waals surface area contributed by atoms with Crippen molar-refractivity contribution in [2.75, 3.05) is 12.5 Å². The summed E-state index contributed by atoms with van der Waals surface area (Å²) in [6, 6.07) is 6.21. The molecular weight excluding hydrogens is 310 g/mol. The van der Waals surface area contributed by atoms with Crippen LogP contribution in [0.1, 0.15) is 18.9 Å². The summed E-state index contributed by atoms with van der Waals surface area (Å²) in [6.45, 7) is 2.71. The molecule has 0 saturated carbocycles. The molecule has 1 nitrogen and oxygen atoms in total. The van der Waals surface area contributed by atoms with Gasteiger partial charge in [-0.3, -0.25) is 0 Å². The van der Waals surface area contributed by atoms with E-state index in [1.165, 1.54) is 9.13 Å². The molecule has 0 aliphatic heterocycles. The molecule has 0 unspecified atom stereocenters. The van der Waals surface area contributed by atoms with E-state index < -0.39 is 0 Å². The molecule has 0 fully saturated rings. The Hall–Kier alpha value is 0.0400. The third-order valence-electron chi connectivity index (χ3n) is 1.91. The summed E-state index contributed by atoms with van der Waals surface area (Å²) in [4.78, 5) is 0. The van der Waals surface area contributed by atoms with Gasteiger partial charge < -0.3 is 4.74 Å². The van der Waals surface area contributed by atoms with Crippen molar-refractivity contribution < 1.29 is 4.74 Å². The van der Waals surface area contributed by atoms with E-state index in [0.717, 1.165) is 31.1 Å². The SMILES string of the molecule is CCOc1ccc(I)c(CCCCl)c1. The second-order valence-corrected chi connectivity index (χ2v) is 4.52. The van der Waals surface area contributed by atoms with Crippen molar-refractivity contribution >= 4 is 34.2 Å². The highest BCUT2D eigenvalue weighted by molar-refractivity contribution is 14.1. The predicted molar refractivity (Wildman–Crippen MR) is 69.4 cm³/mol. The van der Waals surface area contributed by atoms with Gasteiger partial charge in [0.05, 0.1) is 6.61 Å². The Morgan fingerprint density at radius 1 is 1.43 bits per heavy atom. The Morgan fingerprint density at radius 2 is 2.21 bits per heavy atom. The smallest absolute Gasteiger partial charge is 0.119 e. The van der Waals surface area contributed by atoms with Crippen molar-refractivity contribution in [3.05, 3.63) is 27.3 Å². The third kappa shape index (κ3) is 3.65. The van der Waals surface area contributed by atoms with Gasteiger partial charge in [0.1, 0.15) is 5.75 Å². The van der Waals surface area contributed by atoms with Crippen LogP contribution in [0.3, 0.4) is 0 Å². The highest BCUT2D eigenvalue weighted by atomic mass is 127. The summed E-state index contributed by atoms with van der Waals surface area (Å²) < 4.78 is 6.73. The van der Waals surface area contributed by atoms with Crippen LogP contribution in [-0.4, -0.2) is 12.5 Å². The molecule has 3 heteroatoms. The van der Waals surface area contributed by atoms with Crippen LogP contribution in [-0.2, 0) is 6.42 Å². The number of alkyl halides is 1. The zero-order valence-electron chi connectivity index (χ0n) is 8.22. The topological polar surface area (TPSA) is 9.23 Å². The quantitative estimate of drug-likeness (QED) is 0.590. The van der Waals surface area contributed by atoms with Gasteiger partial charge in [-0.2, -0.15) is 0 Å². The van der Waals surface area contributed by atoms with Crippen molar-refractivity contribution in [3.63, 3.8) is 0 Å². The lowest BCUT2D eigenvalue weighted by Gasteiger charge is -2.07. The number of hydrogen-bond acceptors (Lipinski definition) is 1. The van der Waals surface area contributed by atoms with Gasteiger partial charge in [-0.1, -0.05) is 0 Å². The minimum absolute atomic E-state index is 0.717. The fourth-order valence-corrected chi connectivity index (χ4v) is 2.00. The van der Waals surface area contributed by atoms with Crippen LogP contribution >= 0.6 is 34.2 Å². The lowest BCUT2D eigenvalue weighted by molar-refractivity contribution is 0.340. The minimum Gasteiger partial charge on any atom is -0.494 e. The number of hydrogen-bond donors (Lipinski definition) is 0. The molecule has 1 aromatic rings. The van der Waals surface area contributed by atoms with Crippen molar-refractivity contribution in [3.8, 4) is 5.75 Å². The molecule has 0 bridgehead atoms. The van der Waals surface area contributed by atoms with Crippen LogP contribution in [0.5, 0.6) is 5.75 Å². The monoisotopic (exact) mass is 324 g/mol. The summed E-state index contributed by atoms with van der Waals surface area (Å²) in [6.07, 6.45) is 2.05. The molecule has 14 heavy (non-hydrogen) atoms. The highest BCUT2D eigenvalue weighted by Gasteiger charge is 2.01. The molecule has 0 heterocycles. The molecule has 0 amide bonds. The van der Waals surface area contributed by atoms with Crippen LogP contribution in [0.15, 0.2) is 18.2 Å². The van der Waals surface area contributed by atoms with E-state index in [-0.39, 0.29) is 0 Å². The summed E-state index contributed by atoms with van der Waals surface area (Å²) in [5.74, 6) is 1.67. The lowest BCUT2D eigenvalue weighted by atomic mass is 10.1. The first-order valence-corrected chi connectivity index (χ1v) is 6.36. The standard InChI is InChI=1S/C11H14ClIO/c1-2-14-10-5-6-11(13)9(8-10)4-3-7-12/h5-6,8H,2-4,7H2,1H3. The molecule has 0 aliphatic carbocycles. The Morgan fingerprint density at radius 3 is 2.86 bits per heavy atom. The minimum atomic E-state index is 0.717. The average molecular weight is 325 g/mol. The third-order valence-corrected chi connectivity index (χ3v) is 3.23. The Labute approximate surface area is 104 Å². The van der Waals surface area contributed by atoms with Crippen LogP contribution < -0.4 is 4.74 Å². The van der Waals surface area contributed by atoms with E-state index in [1.807, 2.05) is 13.0 Å². The first-order valence-electron chi connectivity index (χ1n) is 4.75. The van der Waals surface area contributed by atoms with E-state index in [9.17, 15) is 0 Å². The molecule has 1 aromatic carbocycles. The lowest BCUT2D eigenvalue weighted by Crippen LogP contribution is -1.95. The molecule has 0 aromatic heterocycles. The fraction of sp³-hybridized carbons (Fsp3) is 0.455. The number of benzene rings is 1. The van der Waals surface area contributed by atoms with Gasteiger partial charge in [-0.05, 0) is 66.1 Å². The zero-order chi connectivity index (χ0) is 10.4. The van der Waals surface area contributed by atoms with E-state index in [4.69, 9.17) is 16.3 Å². The number of ether oxygens (including phenoxy) is 1. The Bertz CT molecular complexity index is 289. The van der Waals surface area contributed by atoms with Gasteiger partial charge in [-0.15, -0.1) is 11.6 Å². The first-order chi connectivity index (χ1) is 6.77. The second kappa shape index (κ2) is 6.51. The molecular formula is C11H14ClIO. The van der Waals surface area contributed by atoms with Crippen molar-refractivity contribution in [1.29, 1.82) is 0 Å². The largest absolute Gasteiger partial charge is 0.494 e. The summed E-state index contributed by atoms with van der Waals surface area (Å²) in [5, 5.41) is 0. The van der Waals surface area contributed by atoms with Gasteiger partial charge in [0, 0.05) is 9.45 Å². The summed E-state index contributed by atoms with van der Waals surface area (Å²) in [7, 11) is 0. The maximum atomic E-state index is 5.67. The molecule has 78 valence electrons. The van der Waals surface area contributed by atoms with E-state index in [1.54, 1.807) is 0 Å². The van der Waals surface area contributed by atoms with E-state index in [2.05, 4.69) is 34.7 Å². The van der Waals surface area contributed by atoms with Gasteiger partial charge >= 0.3 is 0 Å². The van der Waals surface area contributed by atoms with Gasteiger partial charge in [0.25, 0.3) is 0 Å². The number of halogens is 2. The molecule has 0 aliphatic rings. The predicted octanol–water partition coefficient (Wildman–Crippen LogP) is 3.86.